The normalized spacial score (nSPS) is 17.7. The van der Waals surface area contributed by atoms with Crippen LogP contribution in [0.1, 0.15) is 37.1 Å². The highest BCUT2D eigenvalue weighted by Crippen LogP contribution is 2.39. The summed E-state index contributed by atoms with van der Waals surface area (Å²) in [6.07, 6.45) is 3.09. The molecule has 0 unspecified atom stereocenters. The number of amides is 1. The van der Waals surface area contributed by atoms with Gasteiger partial charge in [-0.2, -0.15) is 5.10 Å². The summed E-state index contributed by atoms with van der Waals surface area (Å²) in [6, 6.07) is 18.0. The van der Waals surface area contributed by atoms with Crippen molar-refractivity contribution in [2.75, 3.05) is 5.73 Å². The molecule has 1 aliphatic rings. The van der Waals surface area contributed by atoms with Gasteiger partial charge in [0, 0.05) is 24.4 Å². The number of hydrogen-bond acceptors (Lipinski definition) is 6. The molecule has 32 heavy (non-hydrogen) atoms. The molecule has 1 amide bonds. The topological polar surface area (TPSA) is 107 Å². The van der Waals surface area contributed by atoms with Gasteiger partial charge < -0.3 is 15.8 Å². The molecule has 0 atom stereocenters. The van der Waals surface area contributed by atoms with E-state index in [0.29, 0.717) is 17.9 Å². The van der Waals surface area contributed by atoms with Crippen molar-refractivity contribution in [3.8, 4) is 17.0 Å². The number of rotatable bonds is 6. The minimum Gasteiger partial charge on any atom is -0.489 e. The number of anilines is 1. The molecule has 0 bridgehead atoms. The second-order valence-electron chi connectivity index (χ2n) is 8.09. The molecule has 0 aliphatic heterocycles. The van der Waals surface area contributed by atoms with E-state index in [4.69, 9.17) is 15.5 Å². The summed E-state index contributed by atoms with van der Waals surface area (Å²) in [5.74, 6) is 2.14. The Morgan fingerprint density at radius 2 is 2.00 bits per heavy atom. The summed E-state index contributed by atoms with van der Waals surface area (Å²) >= 11 is 0. The van der Waals surface area contributed by atoms with Gasteiger partial charge in [-0.15, -0.1) is 0 Å². The number of nitrogens with one attached hydrogen (secondary N) is 1. The van der Waals surface area contributed by atoms with Crippen LogP contribution in [0.25, 0.3) is 16.8 Å². The van der Waals surface area contributed by atoms with Crippen molar-refractivity contribution in [1.29, 1.82) is 0 Å². The first-order valence-corrected chi connectivity index (χ1v) is 10.6. The first-order chi connectivity index (χ1) is 15.6. The van der Waals surface area contributed by atoms with Crippen LogP contribution in [-0.2, 0) is 11.4 Å². The summed E-state index contributed by atoms with van der Waals surface area (Å²) in [5.41, 5.74) is 9.64. The molecule has 162 valence electrons. The van der Waals surface area contributed by atoms with E-state index in [2.05, 4.69) is 15.4 Å². The number of carbonyl (C=O) groups is 1. The molecule has 0 spiro atoms. The first-order valence-electron chi connectivity index (χ1n) is 10.6. The maximum Gasteiger partial charge on any atom is 0.217 e. The zero-order valence-electron chi connectivity index (χ0n) is 17.7. The number of imidazole rings is 1. The molecule has 5 rings (SSSR count). The number of fused-ring (bicyclic) bond motifs is 1. The maximum absolute atomic E-state index is 11.3. The zero-order chi connectivity index (χ0) is 22.1. The minimum absolute atomic E-state index is 0.0130. The van der Waals surface area contributed by atoms with Crippen LogP contribution in [0.5, 0.6) is 5.75 Å². The standard InChI is InChI=1S/C24H24N6O2/c1-15(31)28-19-10-18(11-19)24-29-21(22-23(25)26-14-27-30(22)24)17-8-5-9-20(12-17)32-13-16-6-3-2-4-7-16/h2-9,12,14,18-19H,10-11,13H2,1H3,(H,28,31)(H2,25,26,27). The molecule has 1 fully saturated rings. The van der Waals surface area contributed by atoms with E-state index < -0.39 is 0 Å². The molecular formula is C24H24N6O2. The highest BCUT2D eigenvalue weighted by Gasteiger charge is 2.35. The third kappa shape index (κ3) is 3.87. The van der Waals surface area contributed by atoms with E-state index in [-0.39, 0.29) is 17.9 Å². The predicted octanol–water partition coefficient (Wildman–Crippen LogP) is 3.33. The SMILES string of the molecule is CC(=O)NC1CC(c2nc(-c3cccc(OCc4ccccc4)c3)c3c(N)ncnn23)C1. The molecule has 2 heterocycles. The van der Waals surface area contributed by atoms with Crippen molar-refractivity contribution in [1.82, 2.24) is 24.9 Å². The van der Waals surface area contributed by atoms with Gasteiger partial charge in [0.05, 0.1) is 0 Å². The van der Waals surface area contributed by atoms with Gasteiger partial charge in [-0.3, -0.25) is 4.79 Å². The van der Waals surface area contributed by atoms with Crippen LogP contribution in [0.4, 0.5) is 5.82 Å². The van der Waals surface area contributed by atoms with Crippen LogP contribution in [0, 0.1) is 0 Å². The Hall–Kier alpha value is -3.94. The lowest BCUT2D eigenvalue weighted by molar-refractivity contribution is -0.120. The third-order valence-corrected chi connectivity index (χ3v) is 5.75. The van der Waals surface area contributed by atoms with Crippen LogP contribution in [-0.4, -0.2) is 31.5 Å². The zero-order valence-corrected chi connectivity index (χ0v) is 17.7. The number of benzene rings is 2. The molecule has 4 aromatic rings. The van der Waals surface area contributed by atoms with Crippen molar-refractivity contribution in [3.05, 3.63) is 72.3 Å². The van der Waals surface area contributed by atoms with Gasteiger partial charge in [-0.1, -0.05) is 42.5 Å². The van der Waals surface area contributed by atoms with Gasteiger partial charge in [0.1, 0.15) is 35.7 Å². The van der Waals surface area contributed by atoms with Crippen molar-refractivity contribution < 1.29 is 9.53 Å². The van der Waals surface area contributed by atoms with E-state index in [1.54, 1.807) is 4.52 Å². The number of nitrogens with two attached hydrogens (primary N) is 1. The number of ether oxygens (including phenoxy) is 1. The van der Waals surface area contributed by atoms with Crippen LogP contribution >= 0.6 is 0 Å². The minimum atomic E-state index is -0.0130. The monoisotopic (exact) mass is 428 g/mol. The predicted molar refractivity (Wildman–Crippen MR) is 121 cm³/mol. The lowest BCUT2D eigenvalue weighted by Crippen LogP contribution is -2.42. The lowest BCUT2D eigenvalue weighted by atomic mass is 9.79. The Balaban J connectivity index is 1.45. The number of hydrogen-bond donors (Lipinski definition) is 2. The van der Waals surface area contributed by atoms with Crippen molar-refractivity contribution in [3.63, 3.8) is 0 Å². The Labute approximate surface area is 185 Å². The fraction of sp³-hybridized carbons (Fsp3) is 0.250. The van der Waals surface area contributed by atoms with Gasteiger partial charge in [0.2, 0.25) is 5.91 Å². The third-order valence-electron chi connectivity index (χ3n) is 5.75. The largest absolute Gasteiger partial charge is 0.489 e. The summed E-state index contributed by atoms with van der Waals surface area (Å²) in [4.78, 5) is 20.4. The second kappa shape index (κ2) is 8.30. The molecule has 1 aliphatic carbocycles. The Morgan fingerprint density at radius 1 is 1.19 bits per heavy atom. The smallest absolute Gasteiger partial charge is 0.217 e. The van der Waals surface area contributed by atoms with Gasteiger partial charge >= 0.3 is 0 Å². The molecule has 8 nitrogen and oxygen atoms in total. The average molecular weight is 428 g/mol. The summed E-state index contributed by atoms with van der Waals surface area (Å²) in [7, 11) is 0. The van der Waals surface area contributed by atoms with E-state index in [1.807, 2.05) is 54.6 Å². The van der Waals surface area contributed by atoms with Crippen LogP contribution in [0.2, 0.25) is 0 Å². The van der Waals surface area contributed by atoms with E-state index >= 15 is 0 Å². The molecule has 1 saturated carbocycles. The Kier molecular flexibility index (Phi) is 5.18. The van der Waals surface area contributed by atoms with Crippen molar-refractivity contribution >= 4 is 17.2 Å². The molecule has 2 aromatic heterocycles. The van der Waals surface area contributed by atoms with Gasteiger partial charge in [0.25, 0.3) is 0 Å². The van der Waals surface area contributed by atoms with Crippen LogP contribution in [0.15, 0.2) is 60.9 Å². The molecule has 8 heteroatoms. The molecule has 0 radical (unpaired) electrons. The number of aromatic nitrogens is 4. The Morgan fingerprint density at radius 3 is 2.78 bits per heavy atom. The van der Waals surface area contributed by atoms with Gasteiger partial charge in [0.15, 0.2) is 5.82 Å². The fourth-order valence-corrected chi connectivity index (χ4v) is 4.15. The summed E-state index contributed by atoms with van der Waals surface area (Å²) in [6.45, 7) is 2.02. The average Bonchev–Trinajstić information content (AvgIpc) is 3.16. The molecule has 0 saturated heterocycles. The highest BCUT2D eigenvalue weighted by atomic mass is 16.5. The van der Waals surface area contributed by atoms with E-state index in [9.17, 15) is 4.79 Å². The van der Waals surface area contributed by atoms with Gasteiger partial charge in [-0.05, 0) is 30.5 Å². The van der Waals surface area contributed by atoms with E-state index in [0.717, 1.165) is 41.2 Å². The quantitative estimate of drug-likeness (QED) is 0.488. The fourth-order valence-electron chi connectivity index (χ4n) is 4.15. The second-order valence-corrected chi connectivity index (χ2v) is 8.09. The number of nitrogen functional groups attached to an aromatic ring is 1. The summed E-state index contributed by atoms with van der Waals surface area (Å²) in [5, 5.41) is 7.38. The number of carbonyl (C=O) groups excluding carboxylic acids is 1. The van der Waals surface area contributed by atoms with Crippen LogP contribution in [0.3, 0.4) is 0 Å². The molecular weight excluding hydrogens is 404 g/mol. The molecule has 3 N–H and O–H groups in total. The van der Waals surface area contributed by atoms with Crippen molar-refractivity contribution in [2.24, 2.45) is 0 Å². The van der Waals surface area contributed by atoms with Gasteiger partial charge in [-0.25, -0.2) is 14.5 Å². The maximum atomic E-state index is 11.3. The van der Waals surface area contributed by atoms with Crippen molar-refractivity contribution in [2.45, 2.75) is 38.3 Å². The highest BCUT2D eigenvalue weighted by molar-refractivity contribution is 5.85. The Bertz CT molecular complexity index is 1260. The van der Waals surface area contributed by atoms with E-state index in [1.165, 1.54) is 13.3 Å². The van der Waals surface area contributed by atoms with Crippen LogP contribution < -0.4 is 15.8 Å². The molecule has 2 aromatic carbocycles. The first kappa shape index (κ1) is 20.0. The lowest BCUT2D eigenvalue weighted by Gasteiger charge is -2.34. The number of nitrogens with zero attached hydrogens (tertiary/aromatic N) is 4. The summed E-state index contributed by atoms with van der Waals surface area (Å²) < 4.78 is 7.78.